The van der Waals surface area contributed by atoms with Crippen LogP contribution in [0, 0.1) is 0 Å². The highest BCUT2D eigenvalue weighted by atomic mass is 16.1. The second-order valence-electron chi connectivity index (χ2n) is 8.64. The van der Waals surface area contributed by atoms with E-state index in [1.807, 2.05) is 53.4 Å². The molecule has 34 heavy (non-hydrogen) atoms. The summed E-state index contributed by atoms with van der Waals surface area (Å²) in [4.78, 5) is 28.7. The Hall–Kier alpha value is -3.98. The van der Waals surface area contributed by atoms with E-state index < -0.39 is 0 Å². The van der Waals surface area contributed by atoms with Gasteiger partial charge >= 0.3 is 0 Å². The van der Waals surface area contributed by atoms with Crippen LogP contribution in [-0.2, 0) is 19.5 Å². The summed E-state index contributed by atoms with van der Waals surface area (Å²) in [5.41, 5.74) is 4.36. The van der Waals surface area contributed by atoms with Gasteiger partial charge in [-0.25, -0.2) is 4.98 Å². The molecular formula is C25H28N8O. The maximum atomic E-state index is 13.0. The topological polar surface area (TPSA) is 102 Å². The van der Waals surface area contributed by atoms with Gasteiger partial charge < -0.3 is 9.88 Å². The molecule has 0 bridgehead atoms. The lowest BCUT2D eigenvalue weighted by Gasteiger charge is -2.28. The predicted molar refractivity (Wildman–Crippen MR) is 130 cm³/mol. The van der Waals surface area contributed by atoms with Gasteiger partial charge in [0.25, 0.3) is 5.91 Å². The molecule has 1 N–H and O–H groups in total. The molecule has 0 aromatic carbocycles. The van der Waals surface area contributed by atoms with Crippen molar-refractivity contribution in [1.29, 1.82) is 0 Å². The highest BCUT2D eigenvalue weighted by molar-refractivity contribution is 6.02. The van der Waals surface area contributed by atoms with Crippen molar-refractivity contribution in [2.45, 2.75) is 39.4 Å². The molecule has 0 atom stereocenters. The fraction of sp³-hybridized carbons (Fsp3) is 0.280. The van der Waals surface area contributed by atoms with Crippen molar-refractivity contribution in [2.24, 2.45) is 0 Å². The zero-order valence-corrected chi connectivity index (χ0v) is 19.2. The van der Waals surface area contributed by atoms with Gasteiger partial charge in [-0.05, 0) is 61.7 Å². The zero-order valence-electron chi connectivity index (χ0n) is 19.2. The molecule has 0 saturated heterocycles. The average Bonchev–Trinajstić information content (AvgIpc) is 3.35. The number of rotatable bonds is 6. The number of hydrogen-bond acceptors (Lipinski definition) is 7. The number of hydrogen-bond donors (Lipinski definition) is 1. The quantitative estimate of drug-likeness (QED) is 0.471. The van der Waals surface area contributed by atoms with Gasteiger partial charge in [0, 0.05) is 39.5 Å². The van der Waals surface area contributed by atoms with Crippen molar-refractivity contribution in [3.63, 3.8) is 0 Å². The fourth-order valence-electron chi connectivity index (χ4n) is 4.09. The number of fused-ring (bicyclic) bond motifs is 1. The molecule has 0 fully saturated rings. The number of carbonyl (C=O) groups excluding carboxylic acids is 1. The van der Waals surface area contributed by atoms with E-state index in [1.54, 1.807) is 12.4 Å². The van der Waals surface area contributed by atoms with Gasteiger partial charge in [-0.2, -0.15) is 0 Å². The number of nitrogens with one attached hydrogen (secondary N) is 1. The maximum Gasteiger partial charge on any atom is 0.275 e. The van der Waals surface area contributed by atoms with Crippen LogP contribution in [0.15, 0.2) is 61.2 Å². The van der Waals surface area contributed by atoms with Crippen molar-refractivity contribution in [1.82, 2.24) is 34.6 Å². The molecule has 174 valence electrons. The van der Waals surface area contributed by atoms with Gasteiger partial charge in [0.15, 0.2) is 5.82 Å². The third-order valence-electron chi connectivity index (χ3n) is 5.87. The van der Waals surface area contributed by atoms with E-state index in [1.165, 1.54) is 5.56 Å². The molecule has 4 aromatic heterocycles. The summed E-state index contributed by atoms with van der Waals surface area (Å²) >= 11 is 0. The van der Waals surface area contributed by atoms with E-state index >= 15 is 0 Å². The third kappa shape index (κ3) is 4.69. The number of pyridine rings is 3. The van der Waals surface area contributed by atoms with Crippen LogP contribution in [0.3, 0.4) is 0 Å². The van der Waals surface area contributed by atoms with E-state index in [9.17, 15) is 4.79 Å². The molecule has 9 nitrogen and oxygen atoms in total. The summed E-state index contributed by atoms with van der Waals surface area (Å²) in [5.74, 6) is 0.808. The maximum absolute atomic E-state index is 13.0. The summed E-state index contributed by atoms with van der Waals surface area (Å²) < 4.78 is 1.94. The number of nitrogens with zero attached hydrogens (tertiary/aromatic N) is 7. The summed E-state index contributed by atoms with van der Waals surface area (Å²) in [5, 5.41) is 11.1. The largest absolute Gasteiger partial charge is 0.310 e. The Kier molecular flexibility index (Phi) is 6.09. The second kappa shape index (κ2) is 9.48. The van der Waals surface area contributed by atoms with Crippen LogP contribution in [0.1, 0.15) is 48.6 Å². The lowest BCUT2D eigenvalue weighted by atomic mass is 10.0. The normalized spacial score (nSPS) is 13.6. The molecular weight excluding hydrogens is 428 g/mol. The van der Waals surface area contributed by atoms with Gasteiger partial charge in [0.05, 0.1) is 5.69 Å². The van der Waals surface area contributed by atoms with Gasteiger partial charge in [-0.1, -0.05) is 12.1 Å². The summed E-state index contributed by atoms with van der Waals surface area (Å²) in [7, 11) is 0. The Morgan fingerprint density at radius 1 is 1.15 bits per heavy atom. The lowest BCUT2D eigenvalue weighted by molar-refractivity contribution is 0.102. The highest BCUT2D eigenvalue weighted by Gasteiger charge is 2.20. The van der Waals surface area contributed by atoms with Gasteiger partial charge in [-0.3, -0.25) is 19.7 Å². The van der Waals surface area contributed by atoms with Crippen LogP contribution < -0.4 is 5.32 Å². The molecule has 0 unspecified atom stereocenters. The predicted octanol–water partition coefficient (Wildman–Crippen LogP) is 3.77. The first-order chi connectivity index (χ1) is 16.6. The molecule has 0 spiro atoms. The first kappa shape index (κ1) is 21.8. The molecule has 0 radical (unpaired) electrons. The number of anilines is 1. The van der Waals surface area contributed by atoms with Crippen LogP contribution in [0.25, 0.3) is 11.5 Å². The fourth-order valence-corrected chi connectivity index (χ4v) is 4.09. The molecule has 4 aromatic rings. The molecule has 0 aliphatic carbocycles. The molecule has 1 aliphatic rings. The Labute approximate surface area is 199 Å². The highest BCUT2D eigenvalue weighted by Crippen LogP contribution is 2.22. The molecule has 5 heterocycles. The first-order valence-corrected chi connectivity index (χ1v) is 11.3. The van der Waals surface area contributed by atoms with Crippen LogP contribution in [0.2, 0.25) is 0 Å². The molecule has 9 heteroatoms. The van der Waals surface area contributed by atoms with Gasteiger partial charge in [-0.15, -0.1) is 10.2 Å². The SMILES string of the molecule is CC(C)n1cnnc1-c1cccc(NC(=O)c2cc3c(cn2)CCN(Cc2ccccn2)C3)n1.[HH]. The molecule has 5 rings (SSSR count). The van der Waals surface area contributed by atoms with Gasteiger partial charge in [0.1, 0.15) is 23.5 Å². The zero-order chi connectivity index (χ0) is 23.5. The van der Waals surface area contributed by atoms with Crippen LogP contribution in [0.5, 0.6) is 0 Å². The van der Waals surface area contributed by atoms with Crippen molar-refractivity contribution < 1.29 is 6.22 Å². The Balaban J connectivity index is 0.00000289. The third-order valence-corrected chi connectivity index (χ3v) is 5.87. The monoisotopic (exact) mass is 456 g/mol. The molecule has 0 saturated carbocycles. The van der Waals surface area contributed by atoms with E-state index in [0.29, 0.717) is 23.0 Å². The van der Waals surface area contributed by atoms with Crippen molar-refractivity contribution in [2.75, 3.05) is 11.9 Å². The minimum atomic E-state index is -0.292. The first-order valence-electron chi connectivity index (χ1n) is 11.3. The van der Waals surface area contributed by atoms with E-state index in [-0.39, 0.29) is 13.4 Å². The minimum Gasteiger partial charge on any atom is -0.310 e. The average molecular weight is 457 g/mol. The van der Waals surface area contributed by atoms with Gasteiger partial charge in [0.2, 0.25) is 0 Å². The summed E-state index contributed by atoms with van der Waals surface area (Å²) in [6, 6.07) is 13.5. The number of carbonyl (C=O) groups is 1. The molecule has 1 aliphatic heterocycles. The Morgan fingerprint density at radius 3 is 2.88 bits per heavy atom. The van der Waals surface area contributed by atoms with E-state index in [2.05, 4.69) is 49.2 Å². The number of aromatic nitrogens is 6. The molecule has 1 amide bonds. The lowest BCUT2D eigenvalue weighted by Crippen LogP contribution is -2.31. The van der Waals surface area contributed by atoms with Crippen molar-refractivity contribution in [3.05, 3.63) is 83.7 Å². The Morgan fingerprint density at radius 2 is 2.06 bits per heavy atom. The Bertz CT molecular complexity index is 1310. The van der Waals surface area contributed by atoms with E-state index in [4.69, 9.17) is 0 Å². The van der Waals surface area contributed by atoms with Crippen molar-refractivity contribution >= 4 is 11.7 Å². The van der Waals surface area contributed by atoms with Crippen LogP contribution in [-0.4, -0.2) is 47.1 Å². The summed E-state index contributed by atoms with van der Waals surface area (Å²) in [6.45, 7) is 6.58. The summed E-state index contributed by atoms with van der Waals surface area (Å²) in [6.07, 6.45) is 6.21. The smallest absolute Gasteiger partial charge is 0.275 e. The van der Waals surface area contributed by atoms with E-state index in [0.717, 1.165) is 37.3 Å². The second-order valence-corrected chi connectivity index (χ2v) is 8.64. The standard InChI is InChI=1S/C25H26N8O.H2/c1-17(2)33-16-28-31-24(33)21-7-5-8-23(29-21)30-25(34)22-12-19-14-32(11-9-18(19)13-27-22)15-20-6-3-4-10-26-20;/h3-8,10,12-13,16-17H,9,11,14-15H2,1-2H3,(H,29,30,34);1H. The van der Waals surface area contributed by atoms with Crippen molar-refractivity contribution in [3.8, 4) is 11.5 Å². The van der Waals surface area contributed by atoms with Crippen LogP contribution >= 0.6 is 0 Å². The van der Waals surface area contributed by atoms with Crippen LogP contribution in [0.4, 0.5) is 5.82 Å². The number of amides is 1. The minimum absolute atomic E-state index is 0.